The minimum atomic E-state index is 0.245. The zero-order chi connectivity index (χ0) is 13.1. The zero-order valence-corrected chi connectivity index (χ0v) is 11.0. The number of pyridine rings is 1. The first-order chi connectivity index (χ1) is 9.33. The first-order valence-electron chi connectivity index (χ1n) is 6.10. The van der Waals surface area contributed by atoms with E-state index in [9.17, 15) is 0 Å². The Labute approximate surface area is 116 Å². The topological polar surface area (TPSA) is 51.1 Å². The molecule has 2 aromatic rings. The van der Waals surface area contributed by atoms with Gasteiger partial charge in [-0.3, -0.25) is 0 Å². The van der Waals surface area contributed by atoms with Crippen LogP contribution in [-0.2, 0) is 4.74 Å². The van der Waals surface area contributed by atoms with Crippen molar-refractivity contribution < 1.29 is 4.74 Å². The fourth-order valence-corrected chi connectivity index (χ4v) is 2.16. The van der Waals surface area contributed by atoms with Gasteiger partial charge in [-0.05, 0) is 29.8 Å². The van der Waals surface area contributed by atoms with Crippen molar-refractivity contribution in [1.29, 1.82) is 0 Å². The molecule has 1 aliphatic heterocycles. The third-order valence-electron chi connectivity index (χ3n) is 3.00. The Bertz CT molecular complexity index is 555. The molecule has 0 amide bonds. The normalized spacial score (nSPS) is 15.5. The van der Waals surface area contributed by atoms with Gasteiger partial charge in [-0.15, -0.1) is 0 Å². The molecule has 0 radical (unpaired) electrons. The fourth-order valence-electron chi connectivity index (χ4n) is 2.01. The second-order valence-corrected chi connectivity index (χ2v) is 4.55. The number of ether oxygens (including phenoxy) is 1. The van der Waals surface area contributed by atoms with Gasteiger partial charge in [-0.2, -0.15) is 0 Å². The van der Waals surface area contributed by atoms with Crippen LogP contribution in [0, 0.1) is 0 Å². The van der Waals surface area contributed by atoms with Gasteiger partial charge < -0.3 is 9.64 Å². The molecule has 0 saturated carbocycles. The molecular weight excluding hydrogens is 264 g/mol. The number of aromatic nitrogens is 3. The van der Waals surface area contributed by atoms with E-state index in [1.165, 1.54) is 0 Å². The number of nitrogens with zero attached hydrogens (tertiary/aromatic N) is 4. The number of anilines is 1. The Balaban J connectivity index is 1.82. The standard InChI is InChI=1S/C13H13ClN4O/c14-13-15-4-3-11(17-13)10-1-2-12(16-9-10)18-5-7-19-8-6-18/h1-4,9H,5-8H2. The first kappa shape index (κ1) is 12.3. The highest BCUT2D eigenvalue weighted by atomic mass is 35.5. The summed E-state index contributed by atoms with van der Waals surface area (Å²) in [5.74, 6) is 0.965. The fraction of sp³-hybridized carbons (Fsp3) is 0.308. The average molecular weight is 277 g/mol. The monoisotopic (exact) mass is 276 g/mol. The average Bonchev–Trinajstić information content (AvgIpc) is 2.48. The summed E-state index contributed by atoms with van der Waals surface area (Å²) in [5.41, 5.74) is 1.71. The Kier molecular flexibility index (Phi) is 3.57. The van der Waals surface area contributed by atoms with Gasteiger partial charge in [-0.25, -0.2) is 15.0 Å². The predicted octanol–water partition coefficient (Wildman–Crippen LogP) is 2.03. The van der Waals surface area contributed by atoms with Crippen LogP contribution in [0.3, 0.4) is 0 Å². The minimum absolute atomic E-state index is 0.245. The van der Waals surface area contributed by atoms with Crippen LogP contribution in [0.2, 0.25) is 5.28 Å². The van der Waals surface area contributed by atoms with Gasteiger partial charge >= 0.3 is 0 Å². The van der Waals surface area contributed by atoms with Crippen molar-refractivity contribution in [3.63, 3.8) is 0 Å². The van der Waals surface area contributed by atoms with Crippen molar-refractivity contribution in [3.05, 3.63) is 35.9 Å². The van der Waals surface area contributed by atoms with Crippen LogP contribution in [-0.4, -0.2) is 41.3 Å². The molecule has 0 unspecified atom stereocenters. The van der Waals surface area contributed by atoms with E-state index in [4.69, 9.17) is 16.3 Å². The molecule has 98 valence electrons. The number of halogens is 1. The Hall–Kier alpha value is -1.72. The van der Waals surface area contributed by atoms with E-state index in [1.807, 2.05) is 24.4 Å². The molecule has 2 aromatic heterocycles. The quantitative estimate of drug-likeness (QED) is 0.786. The van der Waals surface area contributed by atoms with Crippen molar-refractivity contribution >= 4 is 17.4 Å². The van der Waals surface area contributed by atoms with Crippen LogP contribution in [0.25, 0.3) is 11.3 Å². The van der Waals surface area contributed by atoms with Crippen molar-refractivity contribution in [2.75, 3.05) is 31.2 Å². The molecule has 19 heavy (non-hydrogen) atoms. The van der Waals surface area contributed by atoms with E-state index in [0.29, 0.717) is 0 Å². The molecule has 0 spiro atoms. The molecule has 3 heterocycles. The Morgan fingerprint density at radius 1 is 1.11 bits per heavy atom. The van der Waals surface area contributed by atoms with E-state index in [1.54, 1.807) is 6.20 Å². The summed E-state index contributed by atoms with van der Waals surface area (Å²) in [6, 6.07) is 5.81. The smallest absolute Gasteiger partial charge is 0.222 e. The van der Waals surface area contributed by atoms with Crippen LogP contribution < -0.4 is 4.90 Å². The van der Waals surface area contributed by atoms with E-state index in [2.05, 4.69) is 19.9 Å². The van der Waals surface area contributed by atoms with Crippen LogP contribution in [0.5, 0.6) is 0 Å². The summed E-state index contributed by atoms with van der Waals surface area (Å²) >= 11 is 5.78. The highest BCUT2D eigenvalue weighted by molar-refractivity contribution is 6.28. The van der Waals surface area contributed by atoms with E-state index in [-0.39, 0.29) is 5.28 Å². The summed E-state index contributed by atoms with van der Waals surface area (Å²) in [6.07, 6.45) is 3.45. The first-order valence-corrected chi connectivity index (χ1v) is 6.48. The molecule has 1 aliphatic rings. The zero-order valence-electron chi connectivity index (χ0n) is 10.3. The maximum atomic E-state index is 5.78. The number of hydrogen-bond donors (Lipinski definition) is 0. The van der Waals surface area contributed by atoms with Crippen molar-refractivity contribution in [3.8, 4) is 11.3 Å². The van der Waals surface area contributed by atoms with Crippen LogP contribution in [0.1, 0.15) is 0 Å². The second-order valence-electron chi connectivity index (χ2n) is 4.22. The maximum Gasteiger partial charge on any atom is 0.222 e. The van der Waals surface area contributed by atoms with Gasteiger partial charge in [0.25, 0.3) is 0 Å². The Morgan fingerprint density at radius 3 is 2.63 bits per heavy atom. The third kappa shape index (κ3) is 2.83. The molecule has 0 N–H and O–H groups in total. The molecule has 0 aromatic carbocycles. The molecule has 0 atom stereocenters. The van der Waals surface area contributed by atoms with Gasteiger partial charge in [0.2, 0.25) is 5.28 Å². The molecule has 1 fully saturated rings. The lowest BCUT2D eigenvalue weighted by Crippen LogP contribution is -2.36. The van der Waals surface area contributed by atoms with Crippen LogP contribution in [0.4, 0.5) is 5.82 Å². The maximum absolute atomic E-state index is 5.78. The minimum Gasteiger partial charge on any atom is -0.378 e. The van der Waals surface area contributed by atoms with E-state index in [0.717, 1.165) is 43.4 Å². The van der Waals surface area contributed by atoms with Crippen LogP contribution in [0.15, 0.2) is 30.6 Å². The number of morpholine rings is 1. The summed E-state index contributed by atoms with van der Waals surface area (Å²) in [4.78, 5) is 14.7. The molecule has 0 bridgehead atoms. The van der Waals surface area contributed by atoms with Crippen LogP contribution >= 0.6 is 11.6 Å². The predicted molar refractivity (Wildman–Crippen MR) is 73.3 cm³/mol. The highest BCUT2D eigenvalue weighted by Gasteiger charge is 2.12. The number of rotatable bonds is 2. The van der Waals surface area contributed by atoms with Gasteiger partial charge in [0, 0.05) is 31.0 Å². The molecule has 0 aliphatic carbocycles. The summed E-state index contributed by atoms with van der Waals surface area (Å²) in [7, 11) is 0. The lowest BCUT2D eigenvalue weighted by atomic mass is 10.2. The van der Waals surface area contributed by atoms with Gasteiger partial charge in [0.05, 0.1) is 18.9 Å². The number of hydrogen-bond acceptors (Lipinski definition) is 5. The molecular formula is C13H13ClN4O. The highest BCUT2D eigenvalue weighted by Crippen LogP contribution is 2.20. The summed E-state index contributed by atoms with van der Waals surface area (Å²) in [5, 5.41) is 0.245. The summed E-state index contributed by atoms with van der Waals surface area (Å²) < 4.78 is 5.33. The molecule has 3 rings (SSSR count). The lowest BCUT2D eigenvalue weighted by molar-refractivity contribution is 0.122. The molecule has 6 heteroatoms. The van der Waals surface area contributed by atoms with Crippen molar-refractivity contribution in [2.45, 2.75) is 0 Å². The lowest BCUT2D eigenvalue weighted by Gasteiger charge is -2.27. The third-order valence-corrected chi connectivity index (χ3v) is 3.19. The largest absolute Gasteiger partial charge is 0.378 e. The SMILES string of the molecule is Clc1nccc(-c2ccc(N3CCOCC3)nc2)n1. The van der Waals surface area contributed by atoms with Crippen molar-refractivity contribution in [2.24, 2.45) is 0 Å². The molecule has 5 nitrogen and oxygen atoms in total. The Morgan fingerprint density at radius 2 is 1.95 bits per heavy atom. The van der Waals surface area contributed by atoms with E-state index < -0.39 is 0 Å². The summed E-state index contributed by atoms with van der Waals surface area (Å²) in [6.45, 7) is 3.27. The van der Waals surface area contributed by atoms with Gasteiger partial charge in [-0.1, -0.05) is 0 Å². The second kappa shape index (κ2) is 5.50. The molecule has 1 saturated heterocycles. The van der Waals surface area contributed by atoms with Gasteiger partial charge in [0.15, 0.2) is 0 Å². The van der Waals surface area contributed by atoms with Crippen molar-refractivity contribution in [1.82, 2.24) is 15.0 Å². The van der Waals surface area contributed by atoms with E-state index >= 15 is 0 Å². The van der Waals surface area contributed by atoms with Gasteiger partial charge in [0.1, 0.15) is 5.82 Å².